The Labute approximate surface area is 151 Å². The van der Waals surface area contributed by atoms with Crippen molar-refractivity contribution in [3.63, 3.8) is 0 Å². The number of aromatic amines is 1. The smallest absolute Gasteiger partial charge is 0.201 e. The van der Waals surface area contributed by atoms with E-state index in [0.717, 1.165) is 17.7 Å². The number of nitrogens with one attached hydrogen (secondary N) is 2. The van der Waals surface area contributed by atoms with Gasteiger partial charge in [0, 0.05) is 29.1 Å². The molecule has 5 nitrogen and oxygen atoms in total. The van der Waals surface area contributed by atoms with Gasteiger partial charge in [0.25, 0.3) is 0 Å². The normalized spacial score (nSPS) is 12.3. The molecule has 0 spiro atoms. The summed E-state index contributed by atoms with van der Waals surface area (Å²) in [5, 5.41) is 0.488. The Kier molecular flexibility index (Phi) is 5.13. The molecular weight excluding hydrogens is 360 g/mol. The molecule has 8 heteroatoms. The number of pyridine rings is 1. The standard InChI is InChI=1S/C18H17F2N3O2S/c1-3-6-26(25)23-14-5-4-13(19)15(16(14)20)17(24)12-9-22-18-11(12)7-10(2)8-21-18/h4-5,7-9,23H,3,6H2,1-2H3,(H,21,22). The van der Waals surface area contributed by atoms with E-state index in [4.69, 9.17) is 0 Å². The van der Waals surface area contributed by atoms with Gasteiger partial charge in [-0.15, -0.1) is 0 Å². The summed E-state index contributed by atoms with van der Waals surface area (Å²) >= 11 is 0. The number of aryl methyl sites for hydroxylation is 1. The molecule has 0 radical (unpaired) electrons. The molecule has 0 aliphatic carbocycles. The predicted molar refractivity (Wildman–Crippen MR) is 97.5 cm³/mol. The summed E-state index contributed by atoms with van der Waals surface area (Å²) in [4.78, 5) is 19.8. The third kappa shape index (κ3) is 3.37. The lowest BCUT2D eigenvalue weighted by molar-refractivity contribution is 0.103. The summed E-state index contributed by atoms with van der Waals surface area (Å²) < 4.78 is 43.3. The minimum atomic E-state index is -1.51. The van der Waals surface area contributed by atoms with Crippen LogP contribution in [0.5, 0.6) is 0 Å². The van der Waals surface area contributed by atoms with Gasteiger partial charge in [-0.25, -0.2) is 18.0 Å². The summed E-state index contributed by atoms with van der Waals surface area (Å²) in [5.74, 6) is -2.53. The fourth-order valence-electron chi connectivity index (χ4n) is 2.63. The highest BCUT2D eigenvalue weighted by molar-refractivity contribution is 7.86. The van der Waals surface area contributed by atoms with Crippen LogP contribution in [0.15, 0.2) is 30.6 Å². The first kappa shape index (κ1) is 18.2. The maximum atomic E-state index is 14.8. The zero-order chi connectivity index (χ0) is 18.8. The van der Waals surface area contributed by atoms with Crippen LogP contribution in [-0.2, 0) is 11.0 Å². The predicted octanol–water partition coefficient (Wildman–Crippen LogP) is 3.87. The lowest BCUT2D eigenvalue weighted by Crippen LogP contribution is -2.13. The zero-order valence-corrected chi connectivity index (χ0v) is 15.0. The van der Waals surface area contributed by atoms with Crippen LogP contribution in [-0.4, -0.2) is 25.7 Å². The van der Waals surface area contributed by atoms with Crippen LogP contribution in [0.4, 0.5) is 14.5 Å². The summed E-state index contributed by atoms with van der Waals surface area (Å²) in [6, 6.07) is 3.84. The van der Waals surface area contributed by atoms with E-state index in [-0.39, 0.29) is 11.3 Å². The van der Waals surface area contributed by atoms with E-state index in [1.807, 2.05) is 13.8 Å². The van der Waals surface area contributed by atoms with E-state index in [1.54, 1.807) is 12.3 Å². The van der Waals surface area contributed by atoms with Gasteiger partial charge < -0.3 is 9.71 Å². The maximum absolute atomic E-state index is 14.8. The van der Waals surface area contributed by atoms with Crippen LogP contribution in [0.1, 0.15) is 34.8 Å². The van der Waals surface area contributed by atoms with Crippen molar-refractivity contribution in [3.8, 4) is 0 Å². The van der Waals surface area contributed by atoms with Crippen LogP contribution < -0.4 is 4.72 Å². The number of H-pyrrole nitrogens is 1. The molecule has 0 bridgehead atoms. The minimum absolute atomic E-state index is 0.126. The van der Waals surface area contributed by atoms with Gasteiger partial charge in [-0.1, -0.05) is 6.92 Å². The lowest BCUT2D eigenvalue weighted by Gasteiger charge is -2.10. The first-order valence-corrected chi connectivity index (χ1v) is 9.35. The largest absolute Gasteiger partial charge is 0.345 e. The number of halogens is 2. The highest BCUT2D eigenvalue weighted by atomic mass is 32.2. The van der Waals surface area contributed by atoms with Crippen molar-refractivity contribution in [1.82, 2.24) is 9.97 Å². The number of carbonyl (C=O) groups is 1. The van der Waals surface area contributed by atoms with Gasteiger partial charge >= 0.3 is 0 Å². The molecule has 0 saturated heterocycles. The highest BCUT2D eigenvalue weighted by Gasteiger charge is 2.24. The number of hydrogen-bond acceptors (Lipinski definition) is 3. The van der Waals surface area contributed by atoms with Gasteiger partial charge in [-0.05, 0) is 37.1 Å². The molecule has 0 saturated carbocycles. The number of benzene rings is 1. The molecular formula is C18H17F2N3O2S. The number of ketones is 1. The molecule has 26 heavy (non-hydrogen) atoms. The number of anilines is 1. The molecule has 0 aliphatic heterocycles. The molecule has 2 aromatic heterocycles. The third-order valence-corrected chi connectivity index (χ3v) is 5.07. The topological polar surface area (TPSA) is 74.8 Å². The van der Waals surface area contributed by atoms with Gasteiger partial charge in [-0.3, -0.25) is 4.79 Å². The summed E-state index contributed by atoms with van der Waals surface area (Å²) in [6.07, 6.45) is 3.64. The fourth-order valence-corrected chi connectivity index (χ4v) is 3.50. The van der Waals surface area contributed by atoms with Crippen molar-refractivity contribution < 1.29 is 17.8 Å². The molecule has 3 aromatic rings. The Morgan fingerprint density at radius 3 is 2.85 bits per heavy atom. The van der Waals surface area contributed by atoms with Gasteiger partial charge in [0.05, 0.1) is 11.3 Å². The van der Waals surface area contributed by atoms with E-state index in [9.17, 15) is 17.8 Å². The van der Waals surface area contributed by atoms with Crippen LogP contribution in [0.2, 0.25) is 0 Å². The minimum Gasteiger partial charge on any atom is -0.345 e. The van der Waals surface area contributed by atoms with E-state index >= 15 is 0 Å². The van der Waals surface area contributed by atoms with Crippen LogP contribution in [0, 0.1) is 18.6 Å². The first-order chi connectivity index (χ1) is 12.4. The van der Waals surface area contributed by atoms with Crippen molar-refractivity contribution in [3.05, 3.63) is 58.9 Å². The van der Waals surface area contributed by atoms with Crippen molar-refractivity contribution >= 4 is 33.5 Å². The Morgan fingerprint density at radius 2 is 2.12 bits per heavy atom. The van der Waals surface area contributed by atoms with Crippen LogP contribution >= 0.6 is 0 Å². The van der Waals surface area contributed by atoms with Crippen molar-refractivity contribution in [1.29, 1.82) is 0 Å². The SMILES string of the molecule is CCCS(=O)Nc1ccc(F)c(C(=O)c2c[nH]c3ncc(C)cc23)c1F. The van der Waals surface area contributed by atoms with Gasteiger partial charge in [0.15, 0.2) is 5.82 Å². The number of fused-ring (bicyclic) bond motifs is 1. The number of hydrogen-bond donors (Lipinski definition) is 2. The Hall–Kier alpha value is -2.61. The first-order valence-electron chi connectivity index (χ1n) is 8.03. The van der Waals surface area contributed by atoms with E-state index in [2.05, 4.69) is 14.7 Å². The van der Waals surface area contributed by atoms with Crippen LogP contribution in [0.25, 0.3) is 11.0 Å². The average Bonchev–Trinajstić information content (AvgIpc) is 3.00. The van der Waals surface area contributed by atoms with Crippen LogP contribution in [0.3, 0.4) is 0 Å². The van der Waals surface area contributed by atoms with Crippen molar-refractivity contribution in [2.24, 2.45) is 0 Å². The van der Waals surface area contributed by atoms with Crippen molar-refractivity contribution in [2.75, 3.05) is 10.5 Å². The Bertz CT molecular complexity index is 1020. The summed E-state index contributed by atoms with van der Waals surface area (Å²) in [5.41, 5.74) is 0.540. The van der Waals surface area contributed by atoms with E-state index in [1.165, 1.54) is 6.20 Å². The maximum Gasteiger partial charge on any atom is 0.201 e. The van der Waals surface area contributed by atoms with Gasteiger partial charge in [0.2, 0.25) is 5.78 Å². The summed E-state index contributed by atoms with van der Waals surface area (Å²) in [7, 11) is -1.51. The quantitative estimate of drug-likeness (QED) is 0.641. The number of carbonyl (C=O) groups excluding carboxylic acids is 1. The Balaban J connectivity index is 2.06. The molecule has 0 aliphatic rings. The number of nitrogens with zero attached hydrogens (tertiary/aromatic N) is 1. The molecule has 3 rings (SSSR count). The molecule has 2 N–H and O–H groups in total. The van der Waals surface area contributed by atoms with Gasteiger partial charge in [-0.2, -0.15) is 0 Å². The molecule has 1 aromatic carbocycles. The molecule has 1 atom stereocenters. The number of rotatable bonds is 6. The Morgan fingerprint density at radius 1 is 1.35 bits per heavy atom. The lowest BCUT2D eigenvalue weighted by atomic mass is 10.0. The molecule has 136 valence electrons. The molecule has 0 amide bonds. The second kappa shape index (κ2) is 7.33. The highest BCUT2D eigenvalue weighted by Crippen LogP contribution is 2.27. The van der Waals surface area contributed by atoms with E-state index < -0.39 is 34.0 Å². The average molecular weight is 377 g/mol. The van der Waals surface area contributed by atoms with Crippen molar-refractivity contribution in [2.45, 2.75) is 20.3 Å². The second-order valence-corrected chi connectivity index (χ2v) is 7.18. The third-order valence-electron chi connectivity index (χ3n) is 3.84. The zero-order valence-electron chi connectivity index (χ0n) is 14.2. The molecule has 0 fully saturated rings. The second-order valence-electron chi connectivity index (χ2n) is 5.88. The number of aromatic nitrogens is 2. The fraction of sp³-hybridized carbons (Fsp3) is 0.222. The molecule has 1 unspecified atom stereocenters. The van der Waals surface area contributed by atoms with Gasteiger partial charge in [0.1, 0.15) is 22.5 Å². The summed E-state index contributed by atoms with van der Waals surface area (Å²) in [6.45, 7) is 3.64. The monoisotopic (exact) mass is 377 g/mol. The van der Waals surface area contributed by atoms with E-state index in [0.29, 0.717) is 23.2 Å². The molecule has 2 heterocycles.